The van der Waals surface area contributed by atoms with Crippen molar-refractivity contribution in [3.8, 4) is 0 Å². The highest BCUT2D eigenvalue weighted by Crippen LogP contribution is 2.30. The molecule has 1 aromatic heterocycles. The molecule has 1 rings (SSSR count). The lowest BCUT2D eigenvalue weighted by Crippen LogP contribution is -2.13. The number of nitrogen functional groups attached to an aromatic ring is 1. The van der Waals surface area contributed by atoms with Crippen molar-refractivity contribution in [3.63, 3.8) is 0 Å². The molecule has 1 aromatic rings. The Kier molecular flexibility index (Phi) is 4.58. The Morgan fingerprint density at radius 2 is 2.12 bits per heavy atom. The van der Waals surface area contributed by atoms with Crippen molar-refractivity contribution in [2.75, 3.05) is 12.3 Å². The van der Waals surface area contributed by atoms with Gasteiger partial charge in [0.05, 0.1) is 0 Å². The van der Waals surface area contributed by atoms with Crippen LogP contribution in [0.25, 0.3) is 0 Å². The summed E-state index contributed by atoms with van der Waals surface area (Å²) in [7, 11) is 0. The predicted octanol–water partition coefficient (Wildman–Crippen LogP) is 1.94. The zero-order valence-electron chi connectivity index (χ0n) is 9.03. The molecular weight excluding hydrogens is 255 g/mol. The van der Waals surface area contributed by atoms with E-state index < -0.39 is 12.0 Å². The highest BCUT2D eigenvalue weighted by molar-refractivity contribution is 7.99. The van der Waals surface area contributed by atoms with E-state index in [0.29, 0.717) is 6.42 Å². The van der Waals surface area contributed by atoms with Crippen LogP contribution in [0.5, 0.6) is 0 Å². The van der Waals surface area contributed by atoms with Crippen LogP contribution in [0.2, 0.25) is 0 Å². The molecule has 0 aliphatic carbocycles. The molecule has 0 aromatic carbocycles. The Morgan fingerprint density at radius 1 is 1.47 bits per heavy atom. The number of nitrogens with zero attached hydrogens (tertiary/aromatic N) is 2. The SMILES string of the molecule is CC(CCO)Sc1cc(N)nc(C(F)(F)F)n1. The Morgan fingerprint density at radius 3 is 2.65 bits per heavy atom. The number of aliphatic hydroxyl groups is 1. The van der Waals surface area contributed by atoms with Gasteiger partial charge in [0.25, 0.3) is 0 Å². The second kappa shape index (κ2) is 5.54. The largest absolute Gasteiger partial charge is 0.451 e. The molecule has 0 saturated heterocycles. The fourth-order valence-electron chi connectivity index (χ4n) is 1.08. The molecule has 1 unspecified atom stereocenters. The van der Waals surface area contributed by atoms with Gasteiger partial charge in [-0.25, -0.2) is 9.97 Å². The predicted molar refractivity (Wildman–Crippen MR) is 58.5 cm³/mol. The molecule has 0 aliphatic heterocycles. The summed E-state index contributed by atoms with van der Waals surface area (Å²) in [5.74, 6) is -1.46. The number of rotatable bonds is 4. The minimum atomic E-state index is -4.61. The number of hydrogen-bond donors (Lipinski definition) is 2. The van der Waals surface area contributed by atoms with Crippen molar-refractivity contribution >= 4 is 17.6 Å². The highest BCUT2D eigenvalue weighted by atomic mass is 32.2. The van der Waals surface area contributed by atoms with E-state index in [1.807, 2.05) is 0 Å². The first-order valence-corrected chi connectivity index (χ1v) is 5.70. The number of nitrogens with two attached hydrogens (primary N) is 1. The molecule has 0 spiro atoms. The molecule has 0 aliphatic rings. The van der Waals surface area contributed by atoms with E-state index in [4.69, 9.17) is 10.8 Å². The monoisotopic (exact) mass is 267 g/mol. The molecule has 3 N–H and O–H groups in total. The van der Waals surface area contributed by atoms with E-state index in [1.54, 1.807) is 6.92 Å². The van der Waals surface area contributed by atoms with Gasteiger partial charge in [-0.2, -0.15) is 13.2 Å². The van der Waals surface area contributed by atoms with E-state index >= 15 is 0 Å². The van der Waals surface area contributed by atoms with Crippen LogP contribution in [0, 0.1) is 0 Å². The van der Waals surface area contributed by atoms with Gasteiger partial charge in [0.1, 0.15) is 10.8 Å². The van der Waals surface area contributed by atoms with Crippen LogP contribution >= 0.6 is 11.8 Å². The summed E-state index contributed by atoms with van der Waals surface area (Å²) in [5, 5.41) is 8.81. The number of alkyl halides is 3. The van der Waals surface area contributed by atoms with Crippen LogP contribution in [0.3, 0.4) is 0 Å². The van der Waals surface area contributed by atoms with E-state index in [-0.39, 0.29) is 22.7 Å². The van der Waals surface area contributed by atoms with Crippen molar-refractivity contribution in [1.82, 2.24) is 9.97 Å². The lowest BCUT2D eigenvalue weighted by molar-refractivity contribution is -0.145. The van der Waals surface area contributed by atoms with Gasteiger partial charge in [0.15, 0.2) is 0 Å². The number of aliphatic hydroxyl groups excluding tert-OH is 1. The molecule has 8 heteroatoms. The first-order chi connectivity index (χ1) is 7.82. The minimum Gasteiger partial charge on any atom is -0.396 e. The molecule has 17 heavy (non-hydrogen) atoms. The number of hydrogen-bond acceptors (Lipinski definition) is 5. The average Bonchev–Trinajstić information content (AvgIpc) is 2.15. The summed E-state index contributed by atoms with van der Waals surface area (Å²) in [6, 6.07) is 1.29. The number of aromatic nitrogens is 2. The first kappa shape index (κ1) is 14.0. The Labute approximate surface area is 100 Å². The van der Waals surface area contributed by atoms with E-state index in [0.717, 1.165) is 11.8 Å². The molecule has 0 radical (unpaired) electrons. The summed E-state index contributed by atoms with van der Waals surface area (Å²) in [5.41, 5.74) is 5.29. The number of thioether (sulfide) groups is 1. The van der Waals surface area contributed by atoms with Crippen LogP contribution in [0.1, 0.15) is 19.2 Å². The zero-order chi connectivity index (χ0) is 13.1. The van der Waals surface area contributed by atoms with Gasteiger partial charge in [-0.1, -0.05) is 6.92 Å². The van der Waals surface area contributed by atoms with E-state index in [2.05, 4.69) is 9.97 Å². The van der Waals surface area contributed by atoms with Crippen molar-refractivity contribution in [2.24, 2.45) is 0 Å². The minimum absolute atomic E-state index is 0.0269. The van der Waals surface area contributed by atoms with Crippen LogP contribution in [0.15, 0.2) is 11.1 Å². The van der Waals surface area contributed by atoms with E-state index in [1.165, 1.54) is 6.07 Å². The molecule has 4 nitrogen and oxygen atoms in total. The summed E-state index contributed by atoms with van der Waals surface area (Å²) in [6.45, 7) is 1.76. The molecule has 0 bridgehead atoms. The summed E-state index contributed by atoms with van der Waals surface area (Å²) < 4.78 is 37.2. The van der Waals surface area contributed by atoms with Gasteiger partial charge in [-0.05, 0) is 6.42 Å². The lowest BCUT2D eigenvalue weighted by atomic mass is 10.3. The van der Waals surface area contributed by atoms with Gasteiger partial charge in [-0.15, -0.1) is 11.8 Å². The third-order valence-electron chi connectivity index (χ3n) is 1.83. The maximum Gasteiger partial charge on any atom is 0.451 e. The fourth-order valence-corrected chi connectivity index (χ4v) is 2.04. The molecule has 96 valence electrons. The lowest BCUT2D eigenvalue weighted by Gasteiger charge is -2.11. The fraction of sp³-hybridized carbons (Fsp3) is 0.556. The maximum atomic E-state index is 12.4. The van der Waals surface area contributed by atoms with Crippen LogP contribution in [0.4, 0.5) is 19.0 Å². The standard InChI is InChI=1S/C9H12F3N3OS/c1-5(2-3-16)17-7-4-6(13)14-8(15-7)9(10,11)12/h4-5,16H,2-3H2,1H3,(H2,13,14,15). The van der Waals surface area contributed by atoms with Gasteiger partial charge in [0.2, 0.25) is 5.82 Å². The molecule has 0 amide bonds. The Hall–Kier alpha value is -1.02. The second-order valence-electron chi connectivity index (χ2n) is 3.39. The smallest absolute Gasteiger partial charge is 0.396 e. The quantitative estimate of drug-likeness (QED) is 0.644. The highest BCUT2D eigenvalue weighted by Gasteiger charge is 2.35. The van der Waals surface area contributed by atoms with Crippen molar-refractivity contribution in [3.05, 3.63) is 11.9 Å². The van der Waals surface area contributed by atoms with Crippen LogP contribution < -0.4 is 5.73 Å². The van der Waals surface area contributed by atoms with Crippen LogP contribution in [-0.4, -0.2) is 26.9 Å². The molecule has 1 heterocycles. The number of anilines is 1. The topological polar surface area (TPSA) is 72.0 Å². The summed E-state index contributed by atoms with van der Waals surface area (Å²) >= 11 is 1.12. The molecule has 0 saturated carbocycles. The number of halogens is 3. The Balaban J connectivity index is 2.90. The normalized spacial score (nSPS) is 13.7. The molecule has 1 atom stereocenters. The van der Waals surface area contributed by atoms with Crippen molar-refractivity contribution in [2.45, 2.75) is 29.8 Å². The third kappa shape index (κ3) is 4.39. The van der Waals surface area contributed by atoms with Gasteiger partial charge in [0, 0.05) is 17.9 Å². The molecular formula is C9H12F3N3OS. The van der Waals surface area contributed by atoms with Crippen LogP contribution in [-0.2, 0) is 6.18 Å². The third-order valence-corrected chi connectivity index (χ3v) is 2.92. The molecule has 0 fully saturated rings. The first-order valence-electron chi connectivity index (χ1n) is 4.82. The maximum absolute atomic E-state index is 12.4. The van der Waals surface area contributed by atoms with E-state index in [9.17, 15) is 13.2 Å². The van der Waals surface area contributed by atoms with Crippen molar-refractivity contribution in [1.29, 1.82) is 0 Å². The average molecular weight is 267 g/mol. The second-order valence-corrected chi connectivity index (χ2v) is 4.85. The van der Waals surface area contributed by atoms with Gasteiger partial charge < -0.3 is 10.8 Å². The van der Waals surface area contributed by atoms with Gasteiger partial charge in [-0.3, -0.25) is 0 Å². The summed E-state index contributed by atoms with van der Waals surface area (Å²) in [6.07, 6.45) is -4.14. The van der Waals surface area contributed by atoms with Gasteiger partial charge >= 0.3 is 6.18 Å². The zero-order valence-corrected chi connectivity index (χ0v) is 9.85. The summed E-state index contributed by atoms with van der Waals surface area (Å²) in [4.78, 5) is 6.53. The van der Waals surface area contributed by atoms with Crippen molar-refractivity contribution < 1.29 is 18.3 Å². The Bertz CT molecular complexity index is 386.